The third-order valence-electron chi connectivity index (χ3n) is 4.85. The lowest BCUT2D eigenvalue weighted by Gasteiger charge is -2.28. The summed E-state index contributed by atoms with van der Waals surface area (Å²) < 4.78 is 6.50. The number of ether oxygens (including phenoxy) is 1. The summed E-state index contributed by atoms with van der Waals surface area (Å²) in [6.45, 7) is 3.55. The molecule has 4 rings (SSSR count). The lowest BCUT2D eigenvalue weighted by molar-refractivity contribution is -0.129. The summed E-state index contributed by atoms with van der Waals surface area (Å²) in [6.07, 6.45) is 5.04. The lowest BCUT2D eigenvalue weighted by atomic mass is 10.2. The highest BCUT2D eigenvalue weighted by Crippen LogP contribution is 2.36. The first-order valence-corrected chi connectivity index (χ1v) is 10.8. The second-order valence-corrected chi connectivity index (χ2v) is 8.10. The van der Waals surface area contributed by atoms with Gasteiger partial charge in [0.05, 0.1) is 34.0 Å². The van der Waals surface area contributed by atoms with Crippen molar-refractivity contribution in [3.05, 3.63) is 18.5 Å². The van der Waals surface area contributed by atoms with Crippen LogP contribution >= 0.6 is 11.3 Å². The van der Waals surface area contributed by atoms with E-state index in [0.717, 1.165) is 40.5 Å². The number of hydrogen-bond donors (Lipinski definition) is 4. The predicted octanol–water partition coefficient (Wildman–Crippen LogP) is 1.65. The molecule has 31 heavy (non-hydrogen) atoms. The average Bonchev–Trinajstić information content (AvgIpc) is 3.22. The van der Waals surface area contributed by atoms with Gasteiger partial charge in [0.2, 0.25) is 11.9 Å². The number of amides is 1. The van der Waals surface area contributed by atoms with Crippen molar-refractivity contribution in [2.75, 3.05) is 48.8 Å². The number of morpholine rings is 1. The number of hydroxylamine groups is 1. The summed E-state index contributed by atoms with van der Waals surface area (Å²) in [5.41, 5.74) is 8.81. The second-order valence-electron chi connectivity index (χ2n) is 7.04. The fourth-order valence-corrected chi connectivity index (χ4v) is 4.29. The molecule has 1 aliphatic heterocycles. The van der Waals surface area contributed by atoms with E-state index in [1.54, 1.807) is 29.2 Å². The highest BCUT2D eigenvalue weighted by molar-refractivity contribution is 7.23. The number of carbonyl (C=O) groups is 1. The number of unbranched alkanes of at least 4 members (excludes halogenated alkanes) is 1. The van der Waals surface area contributed by atoms with Crippen LogP contribution in [0.4, 0.5) is 16.8 Å². The Bertz CT molecular complexity index is 1040. The Hall–Kier alpha value is -3.09. The fraction of sp³-hybridized carbons (Fsp3) is 0.421. The summed E-state index contributed by atoms with van der Waals surface area (Å²) in [5, 5.41) is 12.9. The minimum absolute atomic E-state index is 0.205. The van der Waals surface area contributed by atoms with Crippen LogP contribution in [0.3, 0.4) is 0 Å². The Morgan fingerprint density at radius 2 is 2.00 bits per heavy atom. The second kappa shape index (κ2) is 9.81. The summed E-state index contributed by atoms with van der Waals surface area (Å²) >= 11 is 1.60. The fourth-order valence-electron chi connectivity index (χ4n) is 3.25. The molecule has 0 bridgehead atoms. The van der Waals surface area contributed by atoms with Crippen molar-refractivity contribution in [3.8, 4) is 11.4 Å². The first kappa shape index (κ1) is 21.2. The first-order chi connectivity index (χ1) is 15.1. The standard InChI is InChI=1S/C19H24N8O3S/c20-19-22-10-12(11-23-19)17-24-13-9-15(21-4-2-1-3-14(28)26-29)31-16(13)18(25-17)27-5-7-30-8-6-27/h9-11,21,29H,1-8H2,(H,26,28)(H2,20,22,23). The number of carbonyl (C=O) groups excluding carboxylic acids is 1. The number of nitrogen functional groups attached to an aromatic ring is 1. The Labute approximate surface area is 182 Å². The molecule has 0 unspecified atom stereocenters. The molecule has 4 heterocycles. The Morgan fingerprint density at radius 3 is 2.74 bits per heavy atom. The molecule has 11 nitrogen and oxygen atoms in total. The van der Waals surface area contributed by atoms with Crippen molar-refractivity contribution in [1.29, 1.82) is 0 Å². The summed E-state index contributed by atoms with van der Waals surface area (Å²) in [6, 6.07) is 2.01. The van der Waals surface area contributed by atoms with Gasteiger partial charge >= 0.3 is 0 Å². The van der Waals surface area contributed by atoms with Gasteiger partial charge in [-0.25, -0.2) is 25.4 Å². The number of aromatic nitrogens is 4. The molecule has 164 valence electrons. The van der Waals surface area contributed by atoms with E-state index in [1.165, 1.54) is 0 Å². The minimum Gasteiger partial charge on any atom is -0.378 e. The molecule has 1 aliphatic rings. The average molecular weight is 445 g/mol. The van der Waals surface area contributed by atoms with Gasteiger partial charge in [0.1, 0.15) is 0 Å². The lowest BCUT2D eigenvalue weighted by Crippen LogP contribution is -2.36. The first-order valence-electron chi connectivity index (χ1n) is 10.0. The minimum atomic E-state index is -0.369. The number of thiophene rings is 1. The molecular weight excluding hydrogens is 420 g/mol. The highest BCUT2D eigenvalue weighted by Gasteiger charge is 2.20. The van der Waals surface area contributed by atoms with E-state index in [1.807, 2.05) is 6.07 Å². The number of nitrogens with one attached hydrogen (secondary N) is 2. The monoisotopic (exact) mass is 444 g/mol. The maximum atomic E-state index is 11.1. The van der Waals surface area contributed by atoms with Crippen molar-refractivity contribution in [2.24, 2.45) is 0 Å². The molecule has 0 radical (unpaired) electrons. The summed E-state index contributed by atoms with van der Waals surface area (Å²) in [5.74, 6) is 1.26. The number of fused-ring (bicyclic) bond motifs is 1. The van der Waals surface area contributed by atoms with Crippen LogP contribution < -0.4 is 21.4 Å². The zero-order chi connectivity index (χ0) is 21.6. The summed E-state index contributed by atoms with van der Waals surface area (Å²) in [4.78, 5) is 31.0. The SMILES string of the molecule is Nc1ncc(-c2nc(N3CCOCC3)c3sc(NCCCCC(=O)NO)cc3n2)cn1. The maximum absolute atomic E-state index is 11.1. The zero-order valence-corrected chi connectivity index (χ0v) is 17.7. The van der Waals surface area contributed by atoms with Crippen LogP contribution in [0.25, 0.3) is 21.6 Å². The van der Waals surface area contributed by atoms with Crippen LogP contribution in [0.15, 0.2) is 18.5 Å². The van der Waals surface area contributed by atoms with Gasteiger partial charge in [0.15, 0.2) is 11.6 Å². The highest BCUT2D eigenvalue weighted by atomic mass is 32.1. The van der Waals surface area contributed by atoms with Gasteiger partial charge < -0.3 is 20.7 Å². The molecule has 0 spiro atoms. The van der Waals surface area contributed by atoms with Crippen LogP contribution in [-0.2, 0) is 9.53 Å². The van der Waals surface area contributed by atoms with Gasteiger partial charge in [0.25, 0.3) is 0 Å². The normalized spacial score (nSPS) is 14.0. The van der Waals surface area contributed by atoms with Crippen LogP contribution in [0.2, 0.25) is 0 Å². The molecule has 12 heteroatoms. The third-order valence-corrected chi connectivity index (χ3v) is 5.93. The van der Waals surface area contributed by atoms with Gasteiger partial charge in [-0.2, -0.15) is 0 Å². The summed E-state index contributed by atoms with van der Waals surface area (Å²) in [7, 11) is 0. The molecular formula is C19H24N8O3S. The molecule has 0 saturated carbocycles. The number of anilines is 3. The topological polar surface area (TPSA) is 151 Å². The Balaban J connectivity index is 1.57. The van der Waals surface area contributed by atoms with Crippen LogP contribution in [-0.4, -0.2) is 63.9 Å². The van der Waals surface area contributed by atoms with E-state index in [2.05, 4.69) is 20.2 Å². The Morgan fingerprint density at radius 1 is 1.23 bits per heavy atom. The largest absolute Gasteiger partial charge is 0.378 e. The van der Waals surface area contributed by atoms with E-state index < -0.39 is 0 Å². The van der Waals surface area contributed by atoms with Crippen LogP contribution in [0.5, 0.6) is 0 Å². The van der Waals surface area contributed by atoms with E-state index in [9.17, 15) is 4.79 Å². The molecule has 3 aromatic heterocycles. The van der Waals surface area contributed by atoms with Crippen molar-refractivity contribution < 1.29 is 14.7 Å². The van der Waals surface area contributed by atoms with Gasteiger partial charge in [0, 0.05) is 38.4 Å². The van der Waals surface area contributed by atoms with E-state index in [-0.39, 0.29) is 11.9 Å². The van der Waals surface area contributed by atoms with Crippen LogP contribution in [0.1, 0.15) is 19.3 Å². The molecule has 1 amide bonds. The Kier molecular flexibility index (Phi) is 6.70. The zero-order valence-electron chi connectivity index (χ0n) is 16.9. The molecule has 1 saturated heterocycles. The molecule has 1 fully saturated rings. The van der Waals surface area contributed by atoms with E-state index >= 15 is 0 Å². The van der Waals surface area contributed by atoms with Crippen LogP contribution in [0, 0.1) is 0 Å². The molecule has 0 aliphatic carbocycles. The van der Waals surface area contributed by atoms with Crippen molar-refractivity contribution in [2.45, 2.75) is 19.3 Å². The smallest absolute Gasteiger partial charge is 0.243 e. The van der Waals surface area contributed by atoms with Gasteiger partial charge in [-0.1, -0.05) is 0 Å². The number of nitrogens with two attached hydrogens (primary N) is 1. The third kappa shape index (κ3) is 5.16. The predicted molar refractivity (Wildman–Crippen MR) is 118 cm³/mol. The van der Waals surface area contributed by atoms with E-state index in [4.69, 9.17) is 25.6 Å². The van der Waals surface area contributed by atoms with Gasteiger partial charge in [-0.3, -0.25) is 10.0 Å². The van der Waals surface area contributed by atoms with E-state index in [0.29, 0.717) is 44.0 Å². The quantitative estimate of drug-likeness (QED) is 0.229. The number of nitrogens with zero attached hydrogens (tertiary/aromatic N) is 5. The van der Waals surface area contributed by atoms with Crippen molar-refractivity contribution in [3.63, 3.8) is 0 Å². The molecule has 0 aromatic carbocycles. The molecule has 5 N–H and O–H groups in total. The van der Waals surface area contributed by atoms with Gasteiger partial charge in [-0.05, 0) is 18.9 Å². The number of rotatable bonds is 8. The molecule has 3 aromatic rings. The van der Waals surface area contributed by atoms with Gasteiger partial charge in [-0.15, -0.1) is 11.3 Å². The number of hydrogen-bond acceptors (Lipinski definition) is 11. The van der Waals surface area contributed by atoms with Crippen molar-refractivity contribution >= 4 is 44.2 Å². The maximum Gasteiger partial charge on any atom is 0.243 e. The van der Waals surface area contributed by atoms with Crippen molar-refractivity contribution in [1.82, 2.24) is 25.4 Å². The molecule has 0 atom stereocenters.